The molecule has 0 bridgehead atoms. The first-order chi connectivity index (χ1) is 19.8. The number of aryl methyl sites for hydroxylation is 1. The summed E-state index contributed by atoms with van der Waals surface area (Å²) in [4.78, 5) is 40.7. The number of ether oxygens (including phenoxy) is 3. The fourth-order valence-corrected chi connectivity index (χ4v) is 4.83. The molecule has 1 aliphatic heterocycles. The topological polar surface area (TPSA) is 102 Å². The summed E-state index contributed by atoms with van der Waals surface area (Å²) >= 11 is 0. The van der Waals surface area contributed by atoms with E-state index < -0.39 is 23.7 Å². The molecule has 214 valence electrons. The van der Waals surface area contributed by atoms with Gasteiger partial charge in [-0.3, -0.25) is 9.59 Å². The van der Waals surface area contributed by atoms with Gasteiger partial charge in [0.25, 0.3) is 11.7 Å². The molecule has 1 unspecified atom stereocenters. The minimum absolute atomic E-state index is 0.0227. The van der Waals surface area contributed by atoms with Crippen LogP contribution in [0.5, 0.6) is 11.5 Å². The van der Waals surface area contributed by atoms with Crippen molar-refractivity contribution >= 4 is 23.4 Å². The van der Waals surface area contributed by atoms with Crippen LogP contribution < -0.4 is 9.47 Å². The van der Waals surface area contributed by atoms with Gasteiger partial charge in [-0.2, -0.15) is 0 Å². The fraction of sp³-hybridized carbons (Fsp3) is 0.303. The van der Waals surface area contributed by atoms with Gasteiger partial charge in [0.05, 0.1) is 42.6 Å². The van der Waals surface area contributed by atoms with Crippen molar-refractivity contribution < 1.29 is 33.7 Å². The summed E-state index contributed by atoms with van der Waals surface area (Å²) in [6.45, 7) is 8.73. The Morgan fingerprint density at radius 3 is 2.32 bits per heavy atom. The van der Waals surface area contributed by atoms with E-state index in [2.05, 4.69) is 0 Å². The Morgan fingerprint density at radius 1 is 0.927 bits per heavy atom. The van der Waals surface area contributed by atoms with E-state index in [1.165, 1.54) is 4.90 Å². The van der Waals surface area contributed by atoms with Crippen molar-refractivity contribution in [2.45, 2.75) is 46.7 Å². The highest BCUT2D eigenvalue weighted by Gasteiger charge is 2.46. The maximum atomic E-state index is 13.5. The zero-order valence-corrected chi connectivity index (χ0v) is 23.8. The van der Waals surface area contributed by atoms with E-state index in [1.807, 2.05) is 52.0 Å². The van der Waals surface area contributed by atoms with E-state index in [4.69, 9.17) is 14.2 Å². The second kappa shape index (κ2) is 13.2. The molecule has 1 saturated heterocycles. The average molecular weight is 558 g/mol. The number of ketones is 1. The summed E-state index contributed by atoms with van der Waals surface area (Å²) in [7, 11) is 0. The van der Waals surface area contributed by atoms with Crippen LogP contribution in [0.4, 0.5) is 0 Å². The lowest BCUT2D eigenvalue weighted by molar-refractivity contribution is -0.140. The van der Waals surface area contributed by atoms with Crippen molar-refractivity contribution in [1.29, 1.82) is 0 Å². The van der Waals surface area contributed by atoms with Crippen molar-refractivity contribution in [2.24, 2.45) is 0 Å². The predicted octanol–water partition coefficient (Wildman–Crippen LogP) is 5.98. The molecule has 0 radical (unpaired) electrons. The molecule has 1 aliphatic rings. The maximum absolute atomic E-state index is 13.5. The molecule has 0 spiro atoms. The van der Waals surface area contributed by atoms with Gasteiger partial charge in [0.2, 0.25) is 0 Å². The van der Waals surface area contributed by atoms with Gasteiger partial charge >= 0.3 is 5.97 Å². The van der Waals surface area contributed by atoms with E-state index in [1.54, 1.807) is 42.5 Å². The highest BCUT2D eigenvalue weighted by atomic mass is 16.5. The molecule has 1 atom stereocenters. The number of Topliss-reactive ketones (excluding diaryl/α,β-unsaturated/α-hetero) is 1. The highest BCUT2D eigenvalue weighted by molar-refractivity contribution is 6.46. The molecule has 3 aromatic rings. The van der Waals surface area contributed by atoms with Crippen LogP contribution in [-0.4, -0.2) is 47.5 Å². The standard InChI is InChI=1S/C33H35NO7/c1-5-17-41-33(38)23-13-11-22(12-14-23)20-34-29(24-10-8-9-21(4)18-24)28(31(36)32(34)37)30(35)26-16-15-25(39-6-2)19-27(26)40-7-3/h8-16,18-19,29,35H,5-7,17,20H2,1-4H3/b30-28-. The summed E-state index contributed by atoms with van der Waals surface area (Å²) in [5.74, 6) is -1.35. The number of likely N-dealkylation sites (tertiary alicyclic amines) is 1. The molecule has 1 fully saturated rings. The molecule has 1 N–H and O–H groups in total. The molecular formula is C33H35NO7. The van der Waals surface area contributed by atoms with Crippen LogP contribution in [0, 0.1) is 6.92 Å². The van der Waals surface area contributed by atoms with Gasteiger partial charge < -0.3 is 24.2 Å². The van der Waals surface area contributed by atoms with Crippen LogP contribution in [0.25, 0.3) is 5.76 Å². The summed E-state index contributed by atoms with van der Waals surface area (Å²) in [5.41, 5.74) is 3.02. The minimum Gasteiger partial charge on any atom is -0.507 e. The second-order valence-corrected chi connectivity index (χ2v) is 9.70. The number of amides is 1. The first-order valence-electron chi connectivity index (χ1n) is 13.8. The molecular weight excluding hydrogens is 522 g/mol. The lowest BCUT2D eigenvalue weighted by Gasteiger charge is -2.26. The van der Waals surface area contributed by atoms with Crippen LogP contribution in [-0.2, 0) is 20.9 Å². The molecule has 8 heteroatoms. The van der Waals surface area contributed by atoms with Crippen molar-refractivity contribution in [2.75, 3.05) is 19.8 Å². The predicted molar refractivity (Wildman–Crippen MR) is 155 cm³/mol. The molecule has 1 heterocycles. The van der Waals surface area contributed by atoms with Crippen LogP contribution in [0.3, 0.4) is 0 Å². The lowest BCUT2D eigenvalue weighted by Crippen LogP contribution is -2.29. The van der Waals surface area contributed by atoms with Crippen molar-refractivity contribution in [3.63, 3.8) is 0 Å². The van der Waals surface area contributed by atoms with E-state index in [-0.39, 0.29) is 17.9 Å². The highest BCUT2D eigenvalue weighted by Crippen LogP contribution is 2.42. The Hall–Kier alpha value is -4.59. The second-order valence-electron chi connectivity index (χ2n) is 9.70. The Labute approximate surface area is 240 Å². The van der Waals surface area contributed by atoms with E-state index in [9.17, 15) is 19.5 Å². The average Bonchev–Trinajstić information content (AvgIpc) is 3.21. The number of rotatable bonds is 11. The van der Waals surface area contributed by atoms with Crippen molar-refractivity contribution in [3.8, 4) is 11.5 Å². The fourth-order valence-electron chi connectivity index (χ4n) is 4.83. The monoisotopic (exact) mass is 557 g/mol. The largest absolute Gasteiger partial charge is 0.507 e. The Bertz CT molecular complexity index is 1460. The van der Waals surface area contributed by atoms with Gasteiger partial charge in [-0.15, -0.1) is 0 Å². The number of nitrogens with zero attached hydrogens (tertiary/aromatic N) is 1. The number of hydrogen-bond donors (Lipinski definition) is 1. The third kappa shape index (κ3) is 6.43. The first-order valence-corrected chi connectivity index (χ1v) is 13.8. The SMILES string of the molecule is CCCOC(=O)c1ccc(CN2C(=O)C(=O)/C(=C(\O)c3ccc(OCC)cc3OCC)C2c2cccc(C)c2)cc1. The van der Waals surface area contributed by atoms with Gasteiger partial charge in [-0.05, 0) is 62.6 Å². The van der Waals surface area contributed by atoms with Gasteiger partial charge in [-0.1, -0.05) is 48.9 Å². The number of carbonyl (C=O) groups excluding carboxylic acids is 3. The molecule has 0 aliphatic carbocycles. The van der Waals surface area contributed by atoms with Crippen LogP contribution in [0.1, 0.15) is 65.8 Å². The van der Waals surface area contributed by atoms with Crippen LogP contribution >= 0.6 is 0 Å². The molecule has 0 aromatic heterocycles. The third-order valence-electron chi connectivity index (χ3n) is 6.70. The minimum atomic E-state index is -0.842. The normalized spacial score (nSPS) is 16.1. The van der Waals surface area contributed by atoms with Crippen molar-refractivity contribution in [3.05, 3.63) is 100 Å². The summed E-state index contributed by atoms with van der Waals surface area (Å²) in [5, 5.41) is 11.6. The van der Waals surface area contributed by atoms with Crippen LogP contribution in [0.15, 0.2) is 72.3 Å². The Morgan fingerprint density at radius 2 is 1.66 bits per heavy atom. The molecule has 1 amide bonds. The van der Waals surface area contributed by atoms with Gasteiger partial charge in [0.1, 0.15) is 17.3 Å². The lowest BCUT2D eigenvalue weighted by atomic mass is 9.94. The maximum Gasteiger partial charge on any atom is 0.338 e. The number of aliphatic hydroxyl groups excluding tert-OH is 1. The third-order valence-corrected chi connectivity index (χ3v) is 6.70. The quantitative estimate of drug-likeness (QED) is 0.134. The molecule has 0 saturated carbocycles. The van der Waals surface area contributed by atoms with E-state index in [0.29, 0.717) is 53.6 Å². The van der Waals surface area contributed by atoms with E-state index in [0.717, 1.165) is 12.0 Å². The Kier molecular flexibility index (Phi) is 9.45. The number of aliphatic hydroxyl groups is 1. The zero-order chi connectivity index (χ0) is 29.5. The Balaban J connectivity index is 1.78. The molecule has 41 heavy (non-hydrogen) atoms. The number of carbonyl (C=O) groups is 3. The number of esters is 1. The smallest absolute Gasteiger partial charge is 0.338 e. The molecule has 8 nitrogen and oxygen atoms in total. The summed E-state index contributed by atoms with van der Waals surface area (Å²) < 4.78 is 16.6. The van der Waals surface area contributed by atoms with Crippen LogP contribution in [0.2, 0.25) is 0 Å². The van der Waals surface area contributed by atoms with E-state index >= 15 is 0 Å². The zero-order valence-electron chi connectivity index (χ0n) is 23.8. The first kappa shape index (κ1) is 29.4. The summed E-state index contributed by atoms with van der Waals surface area (Å²) in [6.07, 6.45) is 0.723. The van der Waals surface area contributed by atoms with Gasteiger partial charge in [0, 0.05) is 12.6 Å². The molecule has 4 rings (SSSR count). The van der Waals surface area contributed by atoms with Crippen molar-refractivity contribution in [1.82, 2.24) is 4.90 Å². The van der Waals surface area contributed by atoms with Gasteiger partial charge in [-0.25, -0.2) is 4.79 Å². The molecule has 3 aromatic carbocycles. The number of hydrogen-bond acceptors (Lipinski definition) is 7. The van der Waals surface area contributed by atoms with Gasteiger partial charge in [0.15, 0.2) is 0 Å². The summed E-state index contributed by atoms with van der Waals surface area (Å²) in [6, 6.07) is 18.4. The number of benzene rings is 3.